The van der Waals surface area contributed by atoms with Gasteiger partial charge in [-0.3, -0.25) is 14.0 Å². The van der Waals surface area contributed by atoms with E-state index in [4.69, 9.17) is 9.47 Å². The fourth-order valence-electron chi connectivity index (χ4n) is 3.10. The molecule has 4 aromatic rings. The summed E-state index contributed by atoms with van der Waals surface area (Å²) in [7, 11) is 0. The topological polar surface area (TPSA) is 81.9 Å². The Morgan fingerprint density at radius 3 is 2.66 bits per heavy atom. The maximum atomic E-state index is 13.0. The van der Waals surface area contributed by atoms with E-state index < -0.39 is 5.91 Å². The van der Waals surface area contributed by atoms with Gasteiger partial charge in [-0.25, -0.2) is 9.37 Å². The average molecular weight is 433 g/mol. The maximum Gasteiger partial charge on any atom is 0.262 e. The highest BCUT2D eigenvalue weighted by Gasteiger charge is 2.10. The summed E-state index contributed by atoms with van der Waals surface area (Å²) in [5.41, 5.74) is 2.18. The van der Waals surface area contributed by atoms with Crippen molar-refractivity contribution in [1.82, 2.24) is 9.38 Å². The molecule has 1 N–H and O–H groups in total. The Hall–Kier alpha value is -4.20. The zero-order chi connectivity index (χ0) is 22.5. The summed E-state index contributed by atoms with van der Waals surface area (Å²) < 4.78 is 25.6. The number of para-hydroxylation sites is 2. The molecule has 0 aliphatic heterocycles. The maximum absolute atomic E-state index is 13.0. The van der Waals surface area contributed by atoms with Crippen LogP contribution in [0.3, 0.4) is 0 Å². The number of halogens is 1. The van der Waals surface area contributed by atoms with Crippen molar-refractivity contribution in [2.75, 3.05) is 11.9 Å². The minimum atomic E-state index is -0.400. The van der Waals surface area contributed by atoms with Crippen molar-refractivity contribution in [2.24, 2.45) is 0 Å². The number of fused-ring (bicyclic) bond motifs is 1. The smallest absolute Gasteiger partial charge is 0.262 e. The first kappa shape index (κ1) is 21.0. The second kappa shape index (κ2) is 9.30. The molecule has 0 aliphatic rings. The van der Waals surface area contributed by atoms with Crippen molar-refractivity contribution in [3.8, 4) is 11.5 Å². The number of carbonyl (C=O) groups is 1. The first-order valence-corrected chi connectivity index (χ1v) is 9.87. The highest BCUT2D eigenvalue weighted by molar-refractivity contribution is 5.93. The number of amides is 1. The molecule has 0 spiro atoms. The second-order valence-corrected chi connectivity index (χ2v) is 7.05. The monoisotopic (exact) mass is 433 g/mol. The number of aryl methyl sites for hydroxylation is 1. The third-order valence-electron chi connectivity index (χ3n) is 4.66. The van der Waals surface area contributed by atoms with Gasteiger partial charge in [-0.05, 0) is 55.0 Å². The minimum Gasteiger partial charge on any atom is -0.485 e. The molecule has 0 aliphatic carbocycles. The Morgan fingerprint density at radius 1 is 1.06 bits per heavy atom. The Kier molecular flexibility index (Phi) is 6.12. The first-order chi connectivity index (χ1) is 15.5. The third kappa shape index (κ3) is 4.92. The van der Waals surface area contributed by atoms with Gasteiger partial charge in [0, 0.05) is 12.3 Å². The van der Waals surface area contributed by atoms with Gasteiger partial charge < -0.3 is 14.8 Å². The van der Waals surface area contributed by atoms with Crippen LogP contribution in [0.15, 0.2) is 77.7 Å². The highest BCUT2D eigenvalue weighted by atomic mass is 19.1. The fraction of sp³-hybridized carbons (Fsp3) is 0.125. The summed E-state index contributed by atoms with van der Waals surface area (Å²) in [4.78, 5) is 29.2. The summed E-state index contributed by atoms with van der Waals surface area (Å²) in [5.74, 6) is 0.0270. The Balaban J connectivity index is 1.43. The lowest BCUT2D eigenvalue weighted by molar-refractivity contribution is -0.118. The van der Waals surface area contributed by atoms with Crippen LogP contribution in [0.4, 0.5) is 10.1 Å². The van der Waals surface area contributed by atoms with Crippen LogP contribution in [-0.4, -0.2) is 21.9 Å². The van der Waals surface area contributed by atoms with Crippen LogP contribution in [0.1, 0.15) is 11.3 Å². The van der Waals surface area contributed by atoms with E-state index >= 15 is 0 Å². The molecule has 0 atom stereocenters. The Bertz CT molecular complexity index is 1320. The molecule has 0 radical (unpaired) electrons. The van der Waals surface area contributed by atoms with Crippen molar-refractivity contribution in [3.05, 3.63) is 100 Å². The van der Waals surface area contributed by atoms with Crippen molar-refractivity contribution >= 4 is 17.2 Å². The average Bonchev–Trinajstić information content (AvgIpc) is 2.79. The number of anilines is 1. The largest absolute Gasteiger partial charge is 0.485 e. The van der Waals surface area contributed by atoms with E-state index in [9.17, 15) is 14.0 Å². The number of rotatable bonds is 7. The first-order valence-electron chi connectivity index (χ1n) is 9.87. The number of benzene rings is 2. The highest BCUT2D eigenvalue weighted by Crippen LogP contribution is 2.24. The third-order valence-corrected chi connectivity index (χ3v) is 4.66. The number of aromatic nitrogens is 2. The molecule has 32 heavy (non-hydrogen) atoms. The number of ether oxygens (including phenoxy) is 2. The van der Waals surface area contributed by atoms with E-state index in [-0.39, 0.29) is 24.6 Å². The zero-order valence-electron chi connectivity index (χ0n) is 17.2. The quantitative estimate of drug-likeness (QED) is 0.480. The van der Waals surface area contributed by atoms with Crippen LogP contribution >= 0.6 is 0 Å². The SMILES string of the molecule is Cc1cccn2c(=O)cc(COc3ccccc3NC(=O)COc3ccc(F)cc3)nc12. The lowest BCUT2D eigenvalue weighted by Gasteiger charge is -2.13. The molecule has 7 nitrogen and oxygen atoms in total. The van der Waals surface area contributed by atoms with E-state index in [1.807, 2.05) is 13.0 Å². The summed E-state index contributed by atoms with van der Waals surface area (Å²) >= 11 is 0. The molecular weight excluding hydrogens is 413 g/mol. The molecule has 0 bridgehead atoms. The number of hydrogen-bond donors (Lipinski definition) is 1. The number of nitrogens with zero attached hydrogens (tertiary/aromatic N) is 2. The van der Waals surface area contributed by atoms with Gasteiger partial charge in [-0.2, -0.15) is 0 Å². The Morgan fingerprint density at radius 2 is 1.84 bits per heavy atom. The molecule has 0 unspecified atom stereocenters. The predicted octanol–water partition coefficient (Wildman–Crippen LogP) is 3.74. The fourth-order valence-corrected chi connectivity index (χ4v) is 3.10. The number of carbonyl (C=O) groups excluding carboxylic acids is 1. The zero-order valence-corrected chi connectivity index (χ0v) is 17.2. The molecule has 2 heterocycles. The van der Waals surface area contributed by atoms with E-state index in [1.165, 1.54) is 34.7 Å². The predicted molar refractivity (Wildman–Crippen MR) is 117 cm³/mol. The normalized spacial score (nSPS) is 10.7. The van der Waals surface area contributed by atoms with Gasteiger partial charge >= 0.3 is 0 Å². The minimum absolute atomic E-state index is 0.0546. The molecule has 162 valence electrons. The van der Waals surface area contributed by atoms with Crippen molar-refractivity contribution < 1.29 is 18.7 Å². The Labute approximate surface area is 183 Å². The molecular formula is C24H20FN3O4. The van der Waals surface area contributed by atoms with Crippen molar-refractivity contribution in [2.45, 2.75) is 13.5 Å². The lowest BCUT2D eigenvalue weighted by atomic mass is 10.2. The van der Waals surface area contributed by atoms with E-state index in [1.54, 1.807) is 36.5 Å². The number of nitrogens with one attached hydrogen (secondary N) is 1. The standard InChI is InChI=1S/C24H20FN3O4/c1-16-5-4-12-28-23(30)13-18(26-24(16)28)14-32-21-7-3-2-6-20(21)27-22(29)15-31-19-10-8-17(25)9-11-19/h2-13H,14-15H2,1H3,(H,27,29). The molecule has 2 aromatic carbocycles. The van der Waals surface area contributed by atoms with Gasteiger partial charge in [0.1, 0.15) is 29.6 Å². The van der Waals surface area contributed by atoms with Crippen LogP contribution in [0.5, 0.6) is 11.5 Å². The summed E-state index contributed by atoms with van der Waals surface area (Å²) in [6.45, 7) is 1.69. The number of hydrogen-bond acceptors (Lipinski definition) is 5. The van der Waals surface area contributed by atoms with Crippen LogP contribution in [0.2, 0.25) is 0 Å². The number of pyridine rings is 1. The van der Waals surface area contributed by atoms with Gasteiger partial charge in [0.15, 0.2) is 6.61 Å². The molecule has 4 rings (SSSR count). The van der Waals surface area contributed by atoms with E-state index in [2.05, 4.69) is 10.3 Å². The van der Waals surface area contributed by atoms with Crippen LogP contribution < -0.4 is 20.3 Å². The van der Waals surface area contributed by atoms with Crippen LogP contribution in [0.25, 0.3) is 5.65 Å². The molecule has 0 saturated heterocycles. The van der Waals surface area contributed by atoms with Crippen LogP contribution in [-0.2, 0) is 11.4 Å². The molecule has 1 amide bonds. The molecule has 0 saturated carbocycles. The summed E-state index contributed by atoms with van der Waals surface area (Å²) in [6, 6.07) is 17.4. The van der Waals surface area contributed by atoms with Crippen molar-refractivity contribution in [3.63, 3.8) is 0 Å². The summed E-state index contributed by atoms with van der Waals surface area (Å²) in [6.07, 6.45) is 1.67. The van der Waals surface area contributed by atoms with E-state index in [0.29, 0.717) is 28.5 Å². The van der Waals surface area contributed by atoms with Crippen molar-refractivity contribution in [1.29, 1.82) is 0 Å². The van der Waals surface area contributed by atoms with Gasteiger partial charge in [0.2, 0.25) is 0 Å². The molecule has 0 fully saturated rings. The lowest BCUT2D eigenvalue weighted by Crippen LogP contribution is -2.20. The van der Waals surface area contributed by atoms with E-state index in [0.717, 1.165) is 5.56 Å². The van der Waals surface area contributed by atoms with Crippen LogP contribution in [0, 0.1) is 12.7 Å². The van der Waals surface area contributed by atoms with Gasteiger partial charge in [0.25, 0.3) is 11.5 Å². The molecule has 8 heteroatoms. The summed E-state index contributed by atoms with van der Waals surface area (Å²) in [5, 5.41) is 2.73. The molecule has 2 aromatic heterocycles. The second-order valence-electron chi connectivity index (χ2n) is 7.05. The van der Waals surface area contributed by atoms with Gasteiger partial charge in [-0.15, -0.1) is 0 Å². The van der Waals surface area contributed by atoms with Gasteiger partial charge in [0.05, 0.1) is 11.4 Å². The van der Waals surface area contributed by atoms with Gasteiger partial charge in [-0.1, -0.05) is 18.2 Å².